The molecule has 1 amide bonds. The Morgan fingerprint density at radius 2 is 1.79 bits per heavy atom. The first-order valence-electron chi connectivity index (χ1n) is 10.9. The number of hydrogen-bond acceptors (Lipinski definition) is 5. The van der Waals surface area contributed by atoms with E-state index in [4.69, 9.17) is 21.1 Å². The van der Waals surface area contributed by atoms with Gasteiger partial charge in [-0.1, -0.05) is 31.9 Å². The zero-order valence-electron chi connectivity index (χ0n) is 18.1. The van der Waals surface area contributed by atoms with E-state index in [9.17, 15) is 4.79 Å². The van der Waals surface area contributed by atoms with E-state index in [1.807, 2.05) is 6.92 Å². The topological polar surface area (TPSA) is 54.0 Å². The summed E-state index contributed by atoms with van der Waals surface area (Å²) in [4.78, 5) is 17.5. The van der Waals surface area contributed by atoms with Gasteiger partial charge in [0.2, 0.25) is 0 Å². The average molecular weight is 426 g/mol. The molecule has 1 fully saturated rings. The van der Waals surface area contributed by atoms with Gasteiger partial charge in [-0.2, -0.15) is 0 Å². The summed E-state index contributed by atoms with van der Waals surface area (Å²) in [5.74, 6) is 0.906. The van der Waals surface area contributed by atoms with Crippen molar-refractivity contribution in [3.63, 3.8) is 0 Å². The number of nitrogens with zero attached hydrogens (tertiary/aromatic N) is 2. The SMILES string of the molecule is CCCCOc1c(Cl)cc(C(=O)NCCCN2CCN(CC)CC2)cc1OCC. The molecule has 0 atom stereocenters. The van der Waals surface area contributed by atoms with Crippen LogP contribution in [0.3, 0.4) is 0 Å². The zero-order valence-corrected chi connectivity index (χ0v) is 18.9. The van der Waals surface area contributed by atoms with Crippen molar-refractivity contribution in [3.8, 4) is 11.5 Å². The van der Waals surface area contributed by atoms with Crippen LogP contribution in [-0.4, -0.2) is 74.7 Å². The highest BCUT2D eigenvalue weighted by molar-refractivity contribution is 6.32. The molecule has 1 heterocycles. The minimum atomic E-state index is -0.135. The number of hydrogen-bond donors (Lipinski definition) is 1. The third-order valence-electron chi connectivity index (χ3n) is 5.16. The molecule has 0 unspecified atom stereocenters. The number of piperazine rings is 1. The molecular formula is C22H36ClN3O3. The van der Waals surface area contributed by atoms with Crippen LogP contribution >= 0.6 is 11.6 Å². The van der Waals surface area contributed by atoms with E-state index in [0.717, 1.165) is 58.5 Å². The first-order chi connectivity index (χ1) is 14.1. The molecular weight excluding hydrogens is 390 g/mol. The Labute approximate surface area is 180 Å². The van der Waals surface area contributed by atoms with E-state index < -0.39 is 0 Å². The van der Waals surface area contributed by atoms with E-state index in [0.29, 0.717) is 41.8 Å². The quantitative estimate of drug-likeness (QED) is 0.518. The van der Waals surface area contributed by atoms with Gasteiger partial charge in [0, 0.05) is 38.3 Å². The van der Waals surface area contributed by atoms with Gasteiger partial charge in [-0.05, 0) is 45.0 Å². The molecule has 0 aliphatic carbocycles. The van der Waals surface area contributed by atoms with Gasteiger partial charge >= 0.3 is 0 Å². The lowest BCUT2D eigenvalue weighted by Crippen LogP contribution is -2.46. The fourth-order valence-corrected chi connectivity index (χ4v) is 3.62. The lowest BCUT2D eigenvalue weighted by atomic mass is 10.1. The maximum atomic E-state index is 12.6. The second-order valence-corrected chi connectivity index (χ2v) is 7.71. The van der Waals surface area contributed by atoms with Crippen molar-refractivity contribution >= 4 is 17.5 Å². The van der Waals surface area contributed by atoms with Gasteiger partial charge in [0.05, 0.1) is 18.2 Å². The molecule has 6 nitrogen and oxygen atoms in total. The highest BCUT2D eigenvalue weighted by Gasteiger charge is 2.17. The second kappa shape index (κ2) is 12.9. The van der Waals surface area contributed by atoms with Gasteiger partial charge in [0.1, 0.15) is 0 Å². The fraction of sp³-hybridized carbons (Fsp3) is 0.682. The smallest absolute Gasteiger partial charge is 0.251 e. The van der Waals surface area contributed by atoms with E-state index in [1.165, 1.54) is 0 Å². The number of ether oxygens (including phenoxy) is 2. The Hall–Kier alpha value is -1.50. The van der Waals surface area contributed by atoms with Crippen LogP contribution in [0.5, 0.6) is 11.5 Å². The normalized spacial score (nSPS) is 15.3. The predicted molar refractivity (Wildman–Crippen MR) is 119 cm³/mol. The molecule has 1 saturated heterocycles. The molecule has 1 aliphatic rings. The lowest BCUT2D eigenvalue weighted by Gasteiger charge is -2.33. The average Bonchev–Trinajstić information content (AvgIpc) is 2.73. The first-order valence-corrected chi connectivity index (χ1v) is 11.3. The van der Waals surface area contributed by atoms with Crippen LogP contribution in [0.2, 0.25) is 5.02 Å². The van der Waals surface area contributed by atoms with Gasteiger partial charge in [0.25, 0.3) is 5.91 Å². The Balaban J connectivity index is 1.84. The Kier molecular flexibility index (Phi) is 10.6. The highest BCUT2D eigenvalue weighted by atomic mass is 35.5. The predicted octanol–water partition coefficient (Wildman–Crippen LogP) is 3.68. The van der Waals surface area contributed by atoms with E-state index >= 15 is 0 Å². The summed E-state index contributed by atoms with van der Waals surface area (Å²) in [6.07, 6.45) is 2.91. The second-order valence-electron chi connectivity index (χ2n) is 7.31. The van der Waals surface area contributed by atoms with Gasteiger partial charge in [0.15, 0.2) is 11.5 Å². The molecule has 1 aliphatic heterocycles. The molecule has 1 aromatic rings. The van der Waals surface area contributed by atoms with Crippen molar-refractivity contribution in [2.24, 2.45) is 0 Å². The summed E-state index contributed by atoms with van der Waals surface area (Å²) in [6.45, 7) is 14.5. The third kappa shape index (κ3) is 7.68. The number of carbonyl (C=O) groups excluding carboxylic acids is 1. The van der Waals surface area contributed by atoms with Crippen molar-refractivity contribution in [1.29, 1.82) is 0 Å². The Bertz CT molecular complexity index is 634. The van der Waals surface area contributed by atoms with Crippen LogP contribution in [0.1, 0.15) is 50.4 Å². The number of unbranched alkanes of at least 4 members (excludes halogenated alkanes) is 1. The summed E-state index contributed by atoms with van der Waals surface area (Å²) >= 11 is 6.38. The maximum absolute atomic E-state index is 12.6. The van der Waals surface area contributed by atoms with E-state index in [-0.39, 0.29) is 5.91 Å². The molecule has 1 N–H and O–H groups in total. The summed E-state index contributed by atoms with van der Waals surface area (Å²) in [6, 6.07) is 3.38. The molecule has 0 bridgehead atoms. The number of nitrogens with one attached hydrogen (secondary N) is 1. The molecule has 164 valence electrons. The van der Waals surface area contributed by atoms with Crippen molar-refractivity contribution in [2.45, 2.75) is 40.0 Å². The monoisotopic (exact) mass is 425 g/mol. The number of halogens is 1. The lowest BCUT2D eigenvalue weighted by molar-refractivity contribution is 0.0947. The van der Waals surface area contributed by atoms with Crippen LogP contribution in [0.4, 0.5) is 0 Å². The molecule has 0 spiro atoms. The molecule has 29 heavy (non-hydrogen) atoms. The number of benzene rings is 1. The molecule has 0 saturated carbocycles. The van der Waals surface area contributed by atoms with Crippen molar-refractivity contribution < 1.29 is 14.3 Å². The minimum Gasteiger partial charge on any atom is -0.490 e. The van der Waals surface area contributed by atoms with E-state index in [2.05, 4.69) is 29.0 Å². The van der Waals surface area contributed by atoms with Crippen molar-refractivity contribution in [1.82, 2.24) is 15.1 Å². The highest BCUT2D eigenvalue weighted by Crippen LogP contribution is 2.36. The van der Waals surface area contributed by atoms with Crippen molar-refractivity contribution in [2.75, 3.05) is 59.0 Å². The molecule has 7 heteroatoms. The molecule has 1 aromatic carbocycles. The largest absolute Gasteiger partial charge is 0.490 e. The van der Waals surface area contributed by atoms with Gasteiger partial charge < -0.3 is 24.6 Å². The number of likely N-dealkylation sites (N-methyl/N-ethyl adjacent to an activating group) is 1. The molecule has 0 radical (unpaired) electrons. The van der Waals surface area contributed by atoms with Crippen molar-refractivity contribution in [3.05, 3.63) is 22.7 Å². The standard InChI is InChI=1S/C22H36ClN3O3/c1-4-7-15-29-21-19(23)16-18(17-20(21)28-6-3)22(27)24-9-8-10-26-13-11-25(5-2)12-14-26/h16-17H,4-15H2,1-3H3,(H,24,27). The molecule has 0 aromatic heterocycles. The van der Waals surface area contributed by atoms with E-state index in [1.54, 1.807) is 12.1 Å². The van der Waals surface area contributed by atoms with Crippen LogP contribution < -0.4 is 14.8 Å². The summed E-state index contributed by atoms with van der Waals surface area (Å²) < 4.78 is 11.4. The summed E-state index contributed by atoms with van der Waals surface area (Å²) in [5, 5.41) is 3.40. The van der Waals surface area contributed by atoms with Crippen LogP contribution in [0, 0.1) is 0 Å². The summed E-state index contributed by atoms with van der Waals surface area (Å²) in [7, 11) is 0. The summed E-state index contributed by atoms with van der Waals surface area (Å²) in [5.41, 5.74) is 0.498. The minimum absolute atomic E-state index is 0.135. The number of carbonyl (C=O) groups is 1. The number of amides is 1. The van der Waals surface area contributed by atoms with Crippen LogP contribution in [0.15, 0.2) is 12.1 Å². The first kappa shape index (κ1) is 23.8. The van der Waals surface area contributed by atoms with Gasteiger partial charge in [-0.3, -0.25) is 4.79 Å². The van der Waals surface area contributed by atoms with Crippen LogP contribution in [0.25, 0.3) is 0 Å². The maximum Gasteiger partial charge on any atom is 0.251 e. The van der Waals surface area contributed by atoms with Gasteiger partial charge in [-0.25, -0.2) is 0 Å². The van der Waals surface area contributed by atoms with Gasteiger partial charge in [-0.15, -0.1) is 0 Å². The zero-order chi connectivity index (χ0) is 21.1. The fourth-order valence-electron chi connectivity index (χ4n) is 3.36. The Morgan fingerprint density at radius 3 is 2.45 bits per heavy atom. The molecule has 2 rings (SSSR count). The third-order valence-corrected chi connectivity index (χ3v) is 5.45. The Morgan fingerprint density at radius 1 is 1.07 bits per heavy atom. The van der Waals surface area contributed by atoms with Crippen LogP contribution in [-0.2, 0) is 0 Å². The number of rotatable bonds is 12.